The lowest BCUT2D eigenvalue weighted by Gasteiger charge is -2.14. The van der Waals surface area contributed by atoms with E-state index in [-0.39, 0.29) is 17.6 Å². The minimum absolute atomic E-state index is 0.0314. The van der Waals surface area contributed by atoms with E-state index in [1.165, 1.54) is 12.1 Å². The quantitative estimate of drug-likeness (QED) is 0.810. The van der Waals surface area contributed by atoms with E-state index in [0.29, 0.717) is 12.5 Å². The van der Waals surface area contributed by atoms with Crippen molar-refractivity contribution in [3.63, 3.8) is 0 Å². The van der Waals surface area contributed by atoms with Gasteiger partial charge in [0.1, 0.15) is 5.75 Å². The number of hydrogen-bond donors (Lipinski definition) is 2. The van der Waals surface area contributed by atoms with Crippen molar-refractivity contribution in [3.05, 3.63) is 53.5 Å². The fraction of sp³-hybridized carbons (Fsp3) is 0.333. The van der Waals surface area contributed by atoms with Gasteiger partial charge in [0.25, 0.3) is 5.91 Å². The molecule has 0 bridgehead atoms. The smallest absolute Gasteiger partial charge is 0.371 e. The summed E-state index contributed by atoms with van der Waals surface area (Å²) in [7, 11) is 0. The van der Waals surface area contributed by atoms with E-state index in [2.05, 4.69) is 19.2 Å². The predicted octanol–water partition coefficient (Wildman–Crippen LogP) is 3.50. The summed E-state index contributed by atoms with van der Waals surface area (Å²) in [6.45, 7) is 6.64. The second-order valence-electron chi connectivity index (χ2n) is 5.94. The second-order valence-corrected chi connectivity index (χ2v) is 5.94. The van der Waals surface area contributed by atoms with E-state index in [1.807, 2.05) is 31.2 Å². The van der Waals surface area contributed by atoms with Gasteiger partial charge in [0.05, 0.1) is 12.6 Å². The zero-order valence-corrected chi connectivity index (χ0v) is 13.9. The summed E-state index contributed by atoms with van der Waals surface area (Å²) in [5.74, 6) is -0.736. The molecule has 1 amide bonds. The topological polar surface area (TPSA) is 88.8 Å². The summed E-state index contributed by atoms with van der Waals surface area (Å²) >= 11 is 0. The van der Waals surface area contributed by atoms with Crippen molar-refractivity contribution in [2.45, 2.75) is 26.8 Å². The summed E-state index contributed by atoms with van der Waals surface area (Å²) in [5.41, 5.74) is 0.908. The molecule has 1 aromatic carbocycles. The molecule has 0 aliphatic rings. The Morgan fingerprint density at radius 1 is 1.08 bits per heavy atom. The maximum atomic E-state index is 12.1. The number of amides is 1. The number of carbonyl (C=O) groups is 2. The largest absolute Gasteiger partial charge is 0.493 e. The van der Waals surface area contributed by atoms with Crippen LogP contribution in [0.4, 0.5) is 0 Å². The molecule has 24 heavy (non-hydrogen) atoms. The first kappa shape index (κ1) is 17.6. The van der Waals surface area contributed by atoms with E-state index >= 15 is 0 Å². The Kier molecular flexibility index (Phi) is 5.63. The molecular weight excluding hydrogens is 310 g/mol. The lowest BCUT2D eigenvalue weighted by atomic mass is 10.1. The Morgan fingerprint density at radius 2 is 1.71 bits per heavy atom. The molecule has 0 saturated carbocycles. The highest BCUT2D eigenvalue weighted by Crippen LogP contribution is 2.19. The van der Waals surface area contributed by atoms with Crippen LogP contribution in [0, 0.1) is 5.92 Å². The van der Waals surface area contributed by atoms with Gasteiger partial charge in [0.2, 0.25) is 5.76 Å². The van der Waals surface area contributed by atoms with Crippen molar-refractivity contribution < 1.29 is 23.8 Å². The number of rotatable bonds is 7. The average Bonchev–Trinajstić information content (AvgIpc) is 3.03. The van der Waals surface area contributed by atoms with Gasteiger partial charge >= 0.3 is 5.97 Å². The zero-order chi connectivity index (χ0) is 17.7. The Labute approximate surface area is 140 Å². The van der Waals surface area contributed by atoms with Crippen LogP contribution in [-0.4, -0.2) is 23.6 Å². The first-order chi connectivity index (χ1) is 11.4. The normalized spacial score (nSPS) is 12.0. The van der Waals surface area contributed by atoms with Crippen LogP contribution in [0.1, 0.15) is 53.5 Å². The third kappa shape index (κ3) is 4.62. The molecule has 0 spiro atoms. The van der Waals surface area contributed by atoms with Gasteiger partial charge in [0, 0.05) is 0 Å². The van der Waals surface area contributed by atoms with E-state index < -0.39 is 11.9 Å². The molecule has 6 heteroatoms. The van der Waals surface area contributed by atoms with Crippen LogP contribution < -0.4 is 10.1 Å². The molecule has 0 aliphatic carbocycles. The van der Waals surface area contributed by atoms with Crippen LogP contribution >= 0.6 is 0 Å². The number of aromatic carboxylic acids is 1. The van der Waals surface area contributed by atoms with Crippen molar-refractivity contribution in [2.24, 2.45) is 5.92 Å². The van der Waals surface area contributed by atoms with E-state index in [1.54, 1.807) is 0 Å². The highest BCUT2D eigenvalue weighted by molar-refractivity contribution is 5.93. The van der Waals surface area contributed by atoms with Crippen molar-refractivity contribution in [1.29, 1.82) is 0 Å². The zero-order valence-electron chi connectivity index (χ0n) is 13.9. The van der Waals surface area contributed by atoms with Crippen LogP contribution in [0.3, 0.4) is 0 Å². The van der Waals surface area contributed by atoms with E-state index in [4.69, 9.17) is 14.3 Å². The summed E-state index contributed by atoms with van der Waals surface area (Å²) < 4.78 is 10.6. The Morgan fingerprint density at radius 3 is 2.25 bits per heavy atom. The molecule has 0 saturated heterocycles. The summed E-state index contributed by atoms with van der Waals surface area (Å²) in [6, 6.07) is 9.81. The number of nitrogens with one attached hydrogen (secondary N) is 1. The third-order valence-electron chi connectivity index (χ3n) is 3.35. The molecule has 0 radical (unpaired) electrons. The van der Waals surface area contributed by atoms with Crippen LogP contribution in [0.5, 0.6) is 5.75 Å². The number of furan rings is 1. The van der Waals surface area contributed by atoms with Crippen LogP contribution in [0.15, 0.2) is 40.8 Å². The van der Waals surface area contributed by atoms with Gasteiger partial charge in [-0.1, -0.05) is 26.0 Å². The molecule has 2 N–H and O–H groups in total. The predicted molar refractivity (Wildman–Crippen MR) is 88.3 cm³/mol. The van der Waals surface area contributed by atoms with Crippen LogP contribution in [0.25, 0.3) is 0 Å². The molecule has 1 unspecified atom stereocenters. The van der Waals surface area contributed by atoms with Crippen molar-refractivity contribution in [2.75, 3.05) is 6.61 Å². The van der Waals surface area contributed by atoms with Gasteiger partial charge in [-0.15, -0.1) is 0 Å². The second kappa shape index (κ2) is 7.68. The van der Waals surface area contributed by atoms with Crippen molar-refractivity contribution in [1.82, 2.24) is 5.32 Å². The molecule has 2 rings (SSSR count). The fourth-order valence-corrected chi connectivity index (χ4v) is 2.04. The highest BCUT2D eigenvalue weighted by atomic mass is 16.5. The van der Waals surface area contributed by atoms with Gasteiger partial charge in [-0.05, 0) is 42.7 Å². The van der Waals surface area contributed by atoms with Gasteiger partial charge in [-0.3, -0.25) is 4.79 Å². The molecule has 0 aliphatic heterocycles. The third-order valence-corrected chi connectivity index (χ3v) is 3.35. The van der Waals surface area contributed by atoms with Crippen LogP contribution in [0.2, 0.25) is 0 Å². The molecule has 1 heterocycles. The van der Waals surface area contributed by atoms with Gasteiger partial charge in [-0.2, -0.15) is 0 Å². The SMILES string of the molecule is CC(C)COc1ccc(C(C)NC(=O)c2ccc(C(=O)O)o2)cc1. The summed E-state index contributed by atoms with van der Waals surface area (Å²) in [6.07, 6.45) is 0. The maximum absolute atomic E-state index is 12.1. The lowest BCUT2D eigenvalue weighted by Crippen LogP contribution is -2.26. The number of ether oxygens (including phenoxy) is 1. The lowest BCUT2D eigenvalue weighted by molar-refractivity contribution is 0.0659. The Hall–Kier alpha value is -2.76. The van der Waals surface area contributed by atoms with Gasteiger partial charge in [-0.25, -0.2) is 4.79 Å². The van der Waals surface area contributed by atoms with Crippen LogP contribution in [-0.2, 0) is 0 Å². The first-order valence-electron chi connectivity index (χ1n) is 7.73. The minimum atomic E-state index is -1.21. The number of carboxylic acid groups (broad SMARTS) is 1. The number of benzene rings is 1. The summed E-state index contributed by atoms with van der Waals surface area (Å²) in [5, 5.41) is 11.6. The molecule has 1 aromatic heterocycles. The van der Waals surface area contributed by atoms with Gasteiger partial charge in [0.15, 0.2) is 5.76 Å². The Balaban J connectivity index is 1.96. The van der Waals surface area contributed by atoms with E-state index in [9.17, 15) is 9.59 Å². The molecule has 1 atom stereocenters. The number of carboxylic acids is 1. The summed E-state index contributed by atoms with van der Waals surface area (Å²) in [4.78, 5) is 22.9. The monoisotopic (exact) mass is 331 g/mol. The molecule has 6 nitrogen and oxygen atoms in total. The van der Waals surface area contributed by atoms with Gasteiger partial charge < -0.3 is 19.6 Å². The number of carbonyl (C=O) groups excluding carboxylic acids is 1. The molecule has 2 aromatic rings. The van der Waals surface area contributed by atoms with E-state index in [0.717, 1.165) is 11.3 Å². The molecular formula is C18H21NO5. The standard InChI is InChI=1S/C18H21NO5/c1-11(2)10-23-14-6-4-13(5-7-14)12(3)19-17(20)15-8-9-16(24-15)18(21)22/h4-9,11-12H,10H2,1-3H3,(H,19,20)(H,21,22). The number of hydrogen-bond acceptors (Lipinski definition) is 4. The van der Waals surface area contributed by atoms with Crippen molar-refractivity contribution in [3.8, 4) is 5.75 Å². The van der Waals surface area contributed by atoms with Crippen molar-refractivity contribution >= 4 is 11.9 Å². The highest BCUT2D eigenvalue weighted by Gasteiger charge is 2.17. The maximum Gasteiger partial charge on any atom is 0.371 e. The molecule has 0 fully saturated rings. The Bertz CT molecular complexity index is 702. The fourth-order valence-electron chi connectivity index (χ4n) is 2.04. The first-order valence-corrected chi connectivity index (χ1v) is 7.73. The average molecular weight is 331 g/mol. The minimum Gasteiger partial charge on any atom is -0.493 e. The molecule has 128 valence electrons.